The first-order valence-electron chi connectivity index (χ1n) is 3.96. The van der Waals surface area contributed by atoms with E-state index in [1.807, 2.05) is 0 Å². The van der Waals surface area contributed by atoms with Crippen LogP contribution in [0.5, 0.6) is 0 Å². The summed E-state index contributed by atoms with van der Waals surface area (Å²) in [5.41, 5.74) is 1.74. The van der Waals surface area contributed by atoms with Gasteiger partial charge in [-0.2, -0.15) is 4.68 Å². The van der Waals surface area contributed by atoms with Gasteiger partial charge in [-0.3, -0.25) is 4.79 Å². The fourth-order valence-electron chi connectivity index (χ4n) is 0.895. The van der Waals surface area contributed by atoms with E-state index in [-0.39, 0.29) is 18.8 Å². The highest BCUT2D eigenvalue weighted by molar-refractivity contribution is 5.68. The Morgan fingerprint density at radius 3 is 3.07 bits per heavy atom. The number of nitrogens with one attached hydrogen (secondary N) is 1. The molecule has 0 fully saturated rings. The van der Waals surface area contributed by atoms with Gasteiger partial charge in [-0.25, -0.2) is 5.84 Å². The molecule has 0 atom stereocenters. The molecular formula is C6H9N5O4. The third kappa shape index (κ3) is 3.32. The van der Waals surface area contributed by atoms with Gasteiger partial charge in [-0.1, -0.05) is 5.59 Å². The molecule has 0 saturated heterocycles. The van der Waals surface area contributed by atoms with Crippen molar-refractivity contribution in [2.24, 2.45) is 5.84 Å². The van der Waals surface area contributed by atoms with Crippen LogP contribution in [0.1, 0.15) is 6.42 Å². The maximum absolute atomic E-state index is 10.8. The molecule has 82 valence electrons. The molecule has 0 saturated carbocycles. The van der Waals surface area contributed by atoms with Crippen molar-refractivity contribution in [2.75, 3.05) is 0 Å². The summed E-state index contributed by atoms with van der Waals surface area (Å²) >= 11 is 0. The van der Waals surface area contributed by atoms with Crippen LogP contribution in [-0.4, -0.2) is 20.7 Å². The van der Waals surface area contributed by atoms with E-state index in [4.69, 9.17) is 5.84 Å². The minimum atomic E-state index is -0.615. The maximum atomic E-state index is 10.8. The Morgan fingerprint density at radius 1 is 1.80 bits per heavy atom. The Kier molecular flexibility index (Phi) is 3.71. The first-order chi connectivity index (χ1) is 7.13. The molecule has 0 spiro atoms. The molecule has 0 bridgehead atoms. The summed E-state index contributed by atoms with van der Waals surface area (Å²) in [4.78, 5) is 24.7. The zero-order chi connectivity index (χ0) is 11.3. The van der Waals surface area contributed by atoms with Crippen molar-refractivity contribution in [1.82, 2.24) is 15.4 Å². The van der Waals surface area contributed by atoms with Gasteiger partial charge in [0.15, 0.2) is 0 Å². The topological polar surface area (TPSA) is 125 Å². The molecule has 9 nitrogen and oxygen atoms in total. The lowest BCUT2D eigenvalue weighted by Crippen LogP contribution is -2.26. The number of carbonyl (C=O) groups is 1. The quantitative estimate of drug-likeness (QED) is 0.370. The molecule has 0 aromatic carbocycles. The first kappa shape index (κ1) is 11.1. The van der Waals surface area contributed by atoms with Crippen molar-refractivity contribution in [3.63, 3.8) is 0 Å². The second-order valence-electron chi connectivity index (χ2n) is 2.54. The molecule has 0 unspecified atom stereocenters. The molecule has 9 heteroatoms. The van der Waals surface area contributed by atoms with Crippen molar-refractivity contribution in [3.05, 3.63) is 22.4 Å². The zero-order valence-electron chi connectivity index (χ0n) is 7.62. The third-order valence-corrected chi connectivity index (χ3v) is 1.53. The summed E-state index contributed by atoms with van der Waals surface area (Å²) in [6.45, 7) is 0.189. The highest BCUT2D eigenvalue weighted by Gasteiger charge is 2.11. The molecule has 0 aliphatic heterocycles. The number of nitrogens with zero attached hydrogens (tertiary/aromatic N) is 3. The number of hydrogen-bond acceptors (Lipinski definition) is 7. The molecule has 15 heavy (non-hydrogen) atoms. The summed E-state index contributed by atoms with van der Waals surface area (Å²) in [5.74, 6) is 3.90. The van der Waals surface area contributed by atoms with E-state index in [0.717, 1.165) is 0 Å². The minimum Gasteiger partial charge on any atom is -0.358 e. The van der Waals surface area contributed by atoms with Crippen LogP contribution in [0.3, 0.4) is 0 Å². The number of hydrogen-bond donors (Lipinski definition) is 2. The van der Waals surface area contributed by atoms with Gasteiger partial charge in [0.1, 0.15) is 0 Å². The van der Waals surface area contributed by atoms with Crippen LogP contribution in [0.2, 0.25) is 0 Å². The van der Waals surface area contributed by atoms with Gasteiger partial charge < -0.3 is 15.0 Å². The minimum absolute atomic E-state index is 0.0169. The Bertz CT molecular complexity index is 362. The number of carbonyl (C=O) groups excluding carboxylic acids is 1. The Balaban J connectivity index is 2.44. The van der Waals surface area contributed by atoms with Crippen LogP contribution in [0.25, 0.3) is 0 Å². The lowest BCUT2D eigenvalue weighted by molar-refractivity contribution is -0.389. The van der Waals surface area contributed by atoms with Crippen molar-refractivity contribution >= 4 is 11.8 Å². The third-order valence-electron chi connectivity index (χ3n) is 1.53. The van der Waals surface area contributed by atoms with Gasteiger partial charge in [-0.05, 0) is 4.92 Å². The van der Waals surface area contributed by atoms with Gasteiger partial charge >= 0.3 is 11.8 Å². The summed E-state index contributed by atoms with van der Waals surface area (Å²) in [7, 11) is 0. The van der Waals surface area contributed by atoms with E-state index in [2.05, 4.69) is 9.94 Å². The summed E-state index contributed by atoms with van der Waals surface area (Å²) in [5, 5.41) is 13.9. The van der Waals surface area contributed by atoms with Crippen molar-refractivity contribution in [3.8, 4) is 0 Å². The number of nitro groups is 1. The lowest BCUT2D eigenvalue weighted by Gasteiger charge is -1.98. The fraction of sp³-hybridized carbons (Fsp3) is 0.333. The van der Waals surface area contributed by atoms with E-state index in [9.17, 15) is 14.9 Å². The monoisotopic (exact) mass is 215 g/mol. The molecule has 1 heterocycles. The van der Waals surface area contributed by atoms with E-state index < -0.39 is 10.9 Å². The number of hydrazine groups is 1. The van der Waals surface area contributed by atoms with Crippen LogP contribution in [0.15, 0.2) is 12.3 Å². The van der Waals surface area contributed by atoms with E-state index in [1.165, 1.54) is 16.9 Å². The molecule has 0 radical (unpaired) electrons. The predicted octanol–water partition coefficient (Wildman–Crippen LogP) is -0.897. The van der Waals surface area contributed by atoms with Gasteiger partial charge in [0.2, 0.25) is 0 Å². The highest BCUT2D eigenvalue weighted by Crippen LogP contribution is 2.05. The second-order valence-corrected chi connectivity index (χ2v) is 2.54. The Labute approximate surface area is 83.9 Å². The second kappa shape index (κ2) is 5.02. The van der Waals surface area contributed by atoms with E-state index >= 15 is 0 Å². The van der Waals surface area contributed by atoms with Gasteiger partial charge in [-0.15, -0.1) is 0 Å². The maximum Gasteiger partial charge on any atom is 0.389 e. The molecule has 0 aliphatic rings. The largest absolute Gasteiger partial charge is 0.389 e. The van der Waals surface area contributed by atoms with Gasteiger partial charge in [0, 0.05) is 0 Å². The Hall–Kier alpha value is -2.00. The number of rotatable bonds is 5. The average molecular weight is 215 g/mol. The molecular weight excluding hydrogens is 206 g/mol. The SMILES string of the molecule is NNOC(=O)CCn1ccc([N+](=O)[O-])n1. The van der Waals surface area contributed by atoms with Crippen LogP contribution in [0.4, 0.5) is 5.82 Å². The molecule has 1 aromatic heterocycles. The van der Waals surface area contributed by atoms with Gasteiger partial charge in [0.05, 0.1) is 30.3 Å². The highest BCUT2D eigenvalue weighted by atomic mass is 16.7. The smallest absolute Gasteiger partial charge is 0.358 e. The molecule has 1 rings (SSSR count). The number of nitrogens with two attached hydrogens (primary N) is 1. The van der Waals surface area contributed by atoms with Crippen LogP contribution in [0, 0.1) is 10.1 Å². The standard InChI is InChI=1S/C6H9N5O4/c7-9-15-6(12)2-4-10-3-1-5(8-10)11(13)14/h1,3,9H,2,4,7H2. The number of aromatic nitrogens is 2. The van der Waals surface area contributed by atoms with Crippen molar-refractivity contribution < 1.29 is 14.6 Å². The van der Waals surface area contributed by atoms with E-state index in [0.29, 0.717) is 0 Å². The first-order valence-corrected chi connectivity index (χ1v) is 3.96. The summed E-state index contributed by atoms with van der Waals surface area (Å²) in [6.07, 6.45) is 1.42. The molecule has 0 amide bonds. The van der Waals surface area contributed by atoms with Crippen LogP contribution in [-0.2, 0) is 16.2 Å². The normalized spacial score (nSPS) is 9.93. The van der Waals surface area contributed by atoms with E-state index in [1.54, 1.807) is 5.59 Å². The zero-order valence-corrected chi connectivity index (χ0v) is 7.62. The summed E-state index contributed by atoms with van der Waals surface area (Å²) < 4.78 is 1.27. The number of aryl methyl sites for hydroxylation is 1. The fourth-order valence-corrected chi connectivity index (χ4v) is 0.895. The molecule has 3 N–H and O–H groups in total. The lowest BCUT2D eigenvalue weighted by atomic mass is 10.4. The van der Waals surface area contributed by atoms with Crippen molar-refractivity contribution in [2.45, 2.75) is 13.0 Å². The molecule has 1 aromatic rings. The average Bonchev–Trinajstić information content (AvgIpc) is 2.63. The molecule has 0 aliphatic carbocycles. The van der Waals surface area contributed by atoms with Crippen LogP contribution < -0.4 is 11.4 Å². The van der Waals surface area contributed by atoms with Crippen molar-refractivity contribution in [1.29, 1.82) is 0 Å². The Morgan fingerprint density at radius 2 is 2.53 bits per heavy atom. The van der Waals surface area contributed by atoms with Crippen LogP contribution >= 0.6 is 0 Å². The predicted molar refractivity (Wildman–Crippen MR) is 46.9 cm³/mol. The van der Waals surface area contributed by atoms with Gasteiger partial charge in [0.25, 0.3) is 0 Å². The summed E-state index contributed by atoms with van der Waals surface area (Å²) in [6, 6.07) is 1.24.